The molecule has 0 amide bonds. The molecule has 0 fully saturated rings. The fraction of sp³-hybridized carbons (Fsp3) is 0.0667. The molecule has 1 atom stereocenters. The van der Waals surface area contributed by atoms with Gasteiger partial charge in [0.2, 0.25) is 0 Å². The molecule has 2 rings (SSSR count). The number of rotatable bonds is 4. The largest absolute Gasteiger partial charge is 0.398 e. The van der Waals surface area contributed by atoms with Crippen LogP contribution in [-0.4, -0.2) is 0 Å². The zero-order valence-electron chi connectivity index (χ0n) is 9.84. The molecule has 0 aliphatic heterocycles. The third-order valence-electron chi connectivity index (χ3n) is 2.59. The van der Waals surface area contributed by atoms with Crippen molar-refractivity contribution in [2.75, 3.05) is 5.73 Å². The summed E-state index contributed by atoms with van der Waals surface area (Å²) in [5.74, 6) is 0. The molecule has 0 aliphatic rings. The lowest BCUT2D eigenvalue weighted by atomic mass is 10.1. The summed E-state index contributed by atoms with van der Waals surface area (Å²) in [5, 5.41) is 0.915. The second-order valence-corrected chi connectivity index (χ2v) is 5.48. The molecule has 2 aromatic carbocycles. The first-order valence-corrected chi connectivity index (χ1v) is 6.85. The molecule has 0 saturated heterocycles. The van der Waals surface area contributed by atoms with Gasteiger partial charge in [-0.2, -0.15) is 0 Å². The molecule has 0 unspecified atom stereocenters. The lowest BCUT2D eigenvalue weighted by Gasteiger charge is -2.14. The van der Waals surface area contributed by atoms with Crippen molar-refractivity contribution in [1.82, 2.24) is 0 Å². The Morgan fingerprint density at radius 1 is 1.11 bits per heavy atom. The average Bonchev–Trinajstić information content (AvgIpc) is 2.39. The highest BCUT2D eigenvalue weighted by Crippen LogP contribution is 2.38. The van der Waals surface area contributed by atoms with Gasteiger partial charge in [-0.3, -0.25) is 0 Å². The van der Waals surface area contributed by atoms with E-state index < -0.39 is 0 Å². The first kappa shape index (κ1) is 13.1. The second-order valence-electron chi connectivity index (χ2n) is 3.86. The Morgan fingerprint density at radius 2 is 1.78 bits per heavy atom. The predicted molar refractivity (Wildman–Crippen MR) is 81.1 cm³/mol. The van der Waals surface area contributed by atoms with Crippen LogP contribution < -0.4 is 5.73 Å². The minimum absolute atomic E-state index is 0.173. The van der Waals surface area contributed by atoms with Crippen LogP contribution in [0.4, 0.5) is 5.69 Å². The summed E-state index contributed by atoms with van der Waals surface area (Å²) in [6, 6.07) is 15.7. The first-order valence-electron chi connectivity index (χ1n) is 5.60. The highest BCUT2D eigenvalue weighted by molar-refractivity contribution is 7.99. The van der Waals surface area contributed by atoms with Crippen LogP contribution in [0.2, 0.25) is 5.02 Å². The number of nitrogen functional groups attached to an aromatic ring is 1. The van der Waals surface area contributed by atoms with Gasteiger partial charge in [0.05, 0.1) is 5.25 Å². The lowest BCUT2D eigenvalue weighted by Crippen LogP contribution is -1.92. The van der Waals surface area contributed by atoms with Crippen molar-refractivity contribution in [2.45, 2.75) is 10.1 Å². The van der Waals surface area contributed by atoms with Crippen molar-refractivity contribution in [2.24, 2.45) is 0 Å². The molecule has 0 spiro atoms. The summed E-state index contributed by atoms with van der Waals surface area (Å²) >= 11 is 7.58. The molecule has 3 heteroatoms. The van der Waals surface area contributed by atoms with E-state index in [1.165, 1.54) is 5.56 Å². The Morgan fingerprint density at radius 3 is 2.39 bits per heavy atom. The lowest BCUT2D eigenvalue weighted by molar-refractivity contribution is 1.23. The van der Waals surface area contributed by atoms with Gasteiger partial charge in [0.15, 0.2) is 0 Å². The van der Waals surface area contributed by atoms with Crippen molar-refractivity contribution >= 4 is 29.1 Å². The van der Waals surface area contributed by atoms with E-state index in [2.05, 4.69) is 6.58 Å². The van der Waals surface area contributed by atoms with E-state index in [0.717, 1.165) is 15.6 Å². The van der Waals surface area contributed by atoms with Crippen LogP contribution >= 0.6 is 23.4 Å². The quantitative estimate of drug-likeness (QED) is 0.486. The summed E-state index contributed by atoms with van der Waals surface area (Å²) in [5.41, 5.74) is 7.91. The fourth-order valence-corrected chi connectivity index (χ4v) is 2.78. The number of anilines is 1. The highest BCUT2D eigenvalue weighted by Gasteiger charge is 2.10. The van der Waals surface area contributed by atoms with Crippen LogP contribution in [0.15, 0.2) is 66.1 Å². The van der Waals surface area contributed by atoms with Gasteiger partial charge < -0.3 is 5.73 Å². The van der Waals surface area contributed by atoms with Crippen molar-refractivity contribution in [1.29, 1.82) is 0 Å². The average molecular weight is 276 g/mol. The van der Waals surface area contributed by atoms with E-state index in [-0.39, 0.29) is 5.25 Å². The maximum absolute atomic E-state index is 5.95. The normalized spacial score (nSPS) is 12.1. The number of benzene rings is 2. The third-order valence-corrected chi connectivity index (χ3v) is 4.18. The molecular formula is C15H14ClNS. The van der Waals surface area contributed by atoms with Crippen LogP contribution in [0.5, 0.6) is 0 Å². The van der Waals surface area contributed by atoms with E-state index in [1.807, 2.05) is 54.6 Å². The summed E-state index contributed by atoms with van der Waals surface area (Å²) < 4.78 is 0. The third kappa shape index (κ3) is 3.09. The highest BCUT2D eigenvalue weighted by atomic mass is 35.5. The SMILES string of the molecule is C=C[C@@H](Sc1ccccc1N)c1ccc(Cl)cc1. The van der Waals surface area contributed by atoms with Gasteiger partial charge in [-0.15, -0.1) is 18.3 Å². The monoisotopic (exact) mass is 275 g/mol. The Balaban J connectivity index is 2.22. The maximum atomic E-state index is 5.95. The van der Waals surface area contributed by atoms with Gasteiger partial charge >= 0.3 is 0 Å². The standard InChI is InChI=1S/C15H14ClNS/c1-2-14(11-7-9-12(16)10-8-11)18-15-6-4-3-5-13(15)17/h2-10,14H,1,17H2/t14-/m1/s1. The second kappa shape index (κ2) is 5.98. The van der Waals surface area contributed by atoms with Gasteiger partial charge in [-0.25, -0.2) is 0 Å². The van der Waals surface area contributed by atoms with Crippen LogP contribution in [0.25, 0.3) is 0 Å². The minimum Gasteiger partial charge on any atom is -0.398 e. The molecule has 2 aromatic rings. The predicted octanol–water partition coefficient (Wildman–Crippen LogP) is 4.94. The van der Waals surface area contributed by atoms with Gasteiger partial charge in [0, 0.05) is 15.6 Å². The van der Waals surface area contributed by atoms with Crippen LogP contribution in [-0.2, 0) is 0 Å². The number of halogens is 1. The van der Waals surface area contributed by atoms with E-state index in [0.29, 0.717) is 0 Å². The van der Waals surface area contributed by atoms with E-state index in [1.54, 1.807) is 11.8 Å². The van der Waals surface area contributed by atoms with Gasteiger partial charge in [-0.1, -0.05) is 41.9 Å². The number of para-hydroxylation sites is 1. The Kier molecular flexibility index (Phi) is 4.34. The Bertz CT molecular complexity index is 536. The zero-order valence-corrected chi connectivity index (χ0v) is 11.4. The molecule has 0 heterocycles. The Labute approximate surface area is 117 Å². The maximum Gasteiger partial charge on any atom is 0.0522 e. The number of hydrogen-bond donors (Lipinski definition) is 1. The smallest absolute Gasteiger partial charge is 0.0522 e. The topological polar surface area (TPSA) is 26.0 Å². The first-order chi connectivity index (χ1) is 8.70. The molecule has 2 N–H and O–H groups in total. The van der Waals surface area contributed by atoms with Gasteiger partial charge in [0.25, 0.3) is 0 Å². The summed E-state index contributed by atoms with van der Waals surface area (Å²) in [4.78, 5) is 1.07. The molecule has 18 heavy (non-hydrogen) atoms. The van der Waals surface area contributed by atoms with E-state index >= 15 is 0 Å². The van der Waals surface area contributed by atoms with Crippen LogP contribution in [0.1, 0.15) is 10.8 Å². The van der Waals surface area contributed by atoms with Crippen molar-refractivity contribution < 1.29 is 0 Å². The number of nitrogens with two attached hydrogens (primary N) is 1. The Hall–Kier alpha value is -1.38. The molecule has 92 valence electrons. The van der Waals surface area contributed by atoms with Crippen molar-refractivity contribution in [3.8, 4) is 0 Å². The zero-order chi connectivity index (χ0) is 13.0. The van der Waals surface area contributed by atoms with E-state index in [4.69, 9.17) is 17.3 Å². The fourth-order valence-electron chi connectivity index (χ4n) is 1.63. The van der Waals surface area contributed by atoms with E-state index in [9.17, 15) is 0 Å². The molecule has 0 aliphatic carbocycles. The molecular weight excluding hydrogens is 262 g/mol. The van der Waals surface area contributed by atoms with Gasteiger partial charge in [0.1, 0.15) is 0 Å². The minimum atomic E-state index is 0.173. The summed E-state index contributed by atoms with van der Waals surface area (Å²) in [6.07, 6.45) is 1.92. The molecule has 0 bridgehead atoms. The van der Waals surface area contributed by atoms with Gasteiger partial charge in [-0.05, 0) is 29.8 Å². The molecule has 1 nitrogen and oxygen atoms in total. The summed E-state index contributed by atoms with van der Waals surface area (Å²) in [7, 11) is 0. The van der Waals surface area contributed by atoms with Crippen LogP contribution in [0, 0.1) is 0 Å². The molecule has 0 saturated carbocycles. The van der Waals surface area contributed by atoms with Crippen molar-refractivity contribution in [3.05, 3.63) is 71.8 Å². The molecule has 0 aromatic heterocycles. The van der Waals surface area contributed by atoms with Crippen LogP contribution in [0.3, 0.4) is 0 Å². The number of thioether (sulfide) groups is 1. The summed E-state index contributed by atoms with van der Waals surface area (Å²) in [6.45, 7) is 3.89. The number of hydrogen-bond acceptors (Lipinski definition) is 2. The molecule has 0 radical (unpaired) electrons. The van der Waals surface area contributed by atoms with Crippen molar-refractivity contribution in [3.63, 3.8) is 0 Å².